The van der Waals surface area contributed by atoms with Crippen molar-refractivity contribution in [3.63, 3.8) is 0 Å². The largest absolute Gasteiger partial charge is 0.495 e. The van der Waals surface area contributed by atoms with Crippen molar-refractivity contribution in [2.45, 2.75) is 91.3 Å². The molecule has 16 nitrogen and oxygen atoms in total. The Kier molecular flexibility index (Phi) is 17.8. The fourth-order valence-corrected chi connectivity index (χ4v) is 5.77. The SMILES string of the molecule is C=C(CNP(=O)(OOCC1OC(n2ccc(=O)n(COC(=O)CCC)c2=O)C(C)(F)C1N=O)c1ccccc1)OC(C)C.CC.O=CO. The molecule has 1 fully saturated rings. The summed E-state index contributed by atoms with van der Waals surface area (Å²) in [5.74, 6) is -0.333. The first-order valence-corrected chi connectivity index (χ1v) is 16.7. The second kappa shape index (κ2) is 20.4. The van der Waals surface area contributed by atoms with Gasteiger partial charge in [0.25, 0.3) is 12.0 Å². The topological polar surface area (TPSA) is 203 Å². The molecule has 1 aliphatic heterocycles. The molecule has 48 heavy (non-hydrogen) atoms. The van der Waals surface area contributed by atoms with Gasteiger partial charge in [-0.2, -0.15) is 9.58 Å². The van der Waals surface area contributed by atoms with Gasteiger partial charge in [0, 0.05) is 18.7 Å². The fraction of sp³-hybridized carbons (Fsp3) is 0.533. The number of ether oxygens (including phenoxy) is 3. The number of carboxylic acid groups (broad SMARTS) is 1. The van der Waals surface area contributed by atoms with Crippen molar-refractivity contribution < 1.29 is 47.4 Å². The molecule has 2 N–H and O–H groups in total. The summed E-state index contributed by atoms with van der Waals surface area (Å²) in [6.45, 7) is 12.5. The van der Waals surface area contributed by atoms with Crippen LogP contribution in [0.3, 0.4) is 0 Å². The molecule has 1 saturated heterocycles. The van der Waals surface area contributed by atoms with Gasteiger partial charge in [-0.3, -0.25) is 23.5 Å². The van der Waals surface area contributed by atoms with Crippen LogP contribution in [0.1, 0.15) is 60.6 Å². The first kappa shape index (κ1) is 42.0. The predicted octanol–water partition coefficient (Wildman–Crippen LogP) is 3.79. The average Bonchev–Trinajstić information content (AvgIpc) is 3.30. The molecule has 0 spiro atoms. The number of rotatable bonds is 16. The molecule has 0 radical (unpaired) electrons. The quantitative estimate of drug-likeness (QED) is 0.0487. The van der Waals surface area contributed by atoms with Gasteiger partial charge >= 0.3 is 19.2 Å². The molecule has 1 aromatic heterocycles. The highest BCUT2D eigenvalue weighted by molar-refractivity contribution is 7.64. The van der Waals surface area contributed by atoms with Crippen molar-refractivity contribution in [2.24, 2.45) is 5.18 Å². The number of carbonyl (C=O) groups excluding carboxylic acids is 1. The van der Waals surface area contributed by atoms with Crippen LogP contribution in [-0.4, -0.2) is 63.8 Å². The highest BCUT2D eigenvalue weighted by Crippen LogP contribution is 2.44. The van der Waals surface area contributed by atoms with Crippen LogP contribution in [0, 0.1) is 4.91 Å². The highest BCUT2D eigenvalue weighted by atomic mass is 31.2. The zero-order valence-corrected chi connectivity index (χ0v) is 28.7. The van der Waals surface area contributed by atoms with Crippen molar-refractivity contribution in [2.75, 3.05) is 13.2 Å². The van der Waals surface area contributed by atoms with Crippen molar-refractivity contribution >= 4 is 25.3 Å². The van der Waals surface area contributed by atoms with E-state index in [1.54, 1.807) is 51.1 Å². The molecule has 3 rings (SSSR count). The summed E-state index contributed by atoms with van der Waals surface area (Å²) in [5.41, 5.74) is -4.41. The number of halogens is 1. The lowest BCUT2D eigenvalue weighted by molar-refractivity contribution is -0.228. The van der Waals surface area contributed by atoms with E-state index in [0.717, 1.165) is 23.8 Å². The normalized spacial score (nSPS) is 21.0. The predicted molar refractivity (Wildman–Crippen MR) is 173 cm³/mol. The minimum absolute atomic E-state index is 0.0524. The molecular formula is C30H44FN4O12P. The van der Waals surface area contributed by atoms with Gasteiger partial charge in [-0.05, 0) is 39.3 Å². The average molecular weight is 703 g/mol. The number of esters is 1. The van der Waals surface area contributed by atoms with Gasteiger partial charge in [0.15, 0.2) is 24.7 Å². The van der Waals surface area contributed by atoms with Crippen molar-refractivity contribution in [3.8, 4) is 0 Å². The zero-order chi connectivity index (χ0) is 36.5. The summed E-state index contributed by atoms with van der Waals surface area (Å²) in [5, 5.41) is 12.7. The Morgan fingerprint density at radius 2 is 1.88 bits per heavy atom. The number of nitrogens with one attached hydrogen (secondary N) is 1. The van der Waals surface area contributed by atoms with E-state index in [4.69, 9.17) is 33.7 Å². The first-order chi connectivity index (χ1) is 22.7. The maximum atomic E-state index is 16.0. The maximum absolute atomic E-state index is 16.0. The van der Waals surface area contributed by atoms with Crippen LogP contribution in [-0.2, 0) is 44.7 Å². The third-order valence-corrected chi connectivity index (χ3v) is 8.23. The summed E-state index contributed by atoms with van der Waals surface area (Å²) in [4.78, 5) is 62.5. The summed E-state index contributed by atoms with van der Waals surface area (Å²) < 4.78 is 52.5. The Morgan fingerprint density at radius 3 is 2.44 bits per heavy atom. The Labute approximate surface area is 277 Å². The molecule has 1 aromatic carbocycles. The molecule has 5 unspecified atom stereocenters. The molecule has 2 aromatic rings. The van der Waals surface area contributed by atoms with E-state index in [-0.39, 0.29) is 30.8 Å². The van der Waals surface area contributed by atoms with Crippen molar-refractivity contribution in [1.29, 1.82) is 0 Å². The molecule has 0 aliphatic carbocycles. The van der Waals surface area contributed by atoms with Crippen LogP contribution in [0.2, 0.25) is 0 Å². The van der Waals surface area contributed by atoms with Crippen molar-refractivity contribution in [1.82, 2.24) is 14.2 Å². The van der Waals surface area contributed by atoms with Gasteiger partial charge in [0.05, 0.1) is 18.0 Å². The zero-order valence-electron chi connectivity index (χ0n) is 27.8. The summed E-state index contributed by atoms with van der Waals surface area (Å²) in [6.07, 6.45) is -1.72. The van der Waals surface area contributed by atoms with Crippen LogP contribution < -0.4 is 21.6 Å². The number of alkyl halides is 1. The Morgan fingerprint density at radius 1 is 1.25 bits per heavy atom. The summed E-state index contributed by atoms with van der Waals surface area (Å²) in [7, 11) is -3.91. The van der Waals surface area contributed by atoms with E-state index in [1.165, 1.54) is 0 Å². The van der Waals surface area contributed by atoms with E-state index in [1.807, 2.05) is 13.8 Å². The number of benzene rings is 1. The number of aromatic nitrogens is 2. The van der Waals surface area contributed by atoms with E-state index in [2.05, 4.69) is 16.8 Å². The van der Waals surface area contributed by atoms with Crippen LogP contribution in [0.5, 0.6) is 0 Å². The van der Waals surface area contributed by atoms with E-state index < -0.39 is 62.1 Å². The van der Waals surface area contributed by atoms with Crippen LogP contribution in [0.4, 0.5) is 4.39 Å². The minimum atomic E-state index is -3.91. The molecule has 1 aliphatic rings. The van der Waals surface area contributed by atoms with E-state index in [0.29, 0.717) is 16.7 Å². The van der Waals surface area contributed by atoms with E-state index in [9.17, 15) is 23.9 Å². The lowest BCUT2D eigenvalue weighted by Crippen LogP contribution is -2.46. The molecular weight excluding hydrogens is 658 g/mol. The number of nitrogens with zero attached hydrogens (tertiary/aromatic N) is 3. The van der Waals surface area contributed by atoms with Gasteiger partial charge in [-0.1, -0.05) is 50.7 Å². The fourth-order valence-electron chi connectivity index (χ4n) is 4.29. The molecule has 5 atom stereocenters. The number of hydrogen-bond donors (Lipinski definition) is 2. The molecule has 18 heteroatoms. The van der Waals surface area contributed by atoms with Gasteiger partial charge in [-0.15, -0.1) is 0 Å². The van der Waals surface area contributed by atoms with Crippen LogP contribution in [0.15, 0.2) is 69.7 Å². The number of hydrogen-bond acceptors (Lipinski definition) is 12. The third-order valence-electron chi connectivity index (χ3n) is 6.36. The van der Waals surface area contributed by atoms with Crippen LogP contribution >= 0.6 is 7.52 Å². The molecule has 0 amide bonds. The Balaban J connectivity index is 0.00000218. The Bertz CT molecular complexity index is 1500. The summed E-state index contributed by atoms with van der Waals surface area (Å²) >= 11 is 0. The van der Waals surface area contributed by atoms with Crippen LogP contribution in [0.25, 0.3) is 0 Å². The molecule has 0 saturated carbocycles. The number of carbonyl (C=O) groups is 2. The van der Waals surface area contributed by atoms with Gasteiger partial charge < -0.3 is 19.3 Å². The first-order valence-electron chi connectivity index (χ1n) is 15.0. The lowest BCUT2D eigenvalue weighted by atomic mass is 9.96. The third kappa shape index (κ3) is 11.6. The second-order valence-corrected chi connectivity index (χ2v) is 12.4. The molecule has 2 heterocycles. The molecule has 268 valence electrons. The van der Waals surface area contributed by atoms with Crippen molar-refractivity contribution in [3.05, 3.63) is 80.7 Å². The monoisotopic (exact) mass is 702 g/mol. The highest BCUT2D eigenvalue weighted by Gasteiger charge is 2.57. The van der Waals surface area contributed by atoms with Gasteiger partial charge in [0.2, 0.25) is 0 Å². The summed E-state index contributed by atoms with van der Waals surface area (Å²) in [6, 6.07) is 7.34. The smallest absolute Gasteiger partial charge is 0.336 e. The lowest BCUT2D eigenvalue weighted by Gasteiger charge is -2.24. The standard InChI is InChI=1S/C27H36FN4O10P.C2H6.CH2O2/c1-6-10-23(34)38-17-32-22(33)13-14-31(26(32)35)25-27(5,28)24(30-36)21(41-25)16-39-42-43(37,20-11-8-7-9-12-20)29-15-19(4)40-18(2)3;1-2;2-1-3/h7-9,11-14,18,21,24-25H,4,6,10,15-17H2,1-3,5H3,(H,29,37);1-2H3;1H,(H,2,3). The van der Waals surface area contributed by atoms with E-state index >= 15 is 4.39 Å². The minimum Gasteiger partial charge on any atom is -0.495 e. The van der Waals surface area contributed by atoms with Gasteiger partial charge in [-0.25, -0.2) is 23.7 Å². The Hall–Kier alpha value is -4.02. The second-order valence-electron chi connectivity index (χ2n) is 10.3. The number of nitroso groups, excluding NO2 is 1. The van der Waals surface area contributed by atoms with Gasteiger partial charge in [0.1, 0.15) is 18.5 Å². The molecule has 0 bridgehead atoms. The maximum Gasteiger partial charge on any atom is 0.336 e.